The minimum Gasteiger partial charge on any atom is -0.385 e. The van der Waals surface area contributed by atoms with Crippen LogP contribution in [0.4, 0.5) is 0 Å². The number of ether oxygens (including phenoxy) is 1. The number of nitrogens with zero attached hydrogens (tertiary/aromatic N) is 2. The Morgan fingerprint density at radius 1 is 1.18 bits per heavy atom. The van der Waals surface area contributed by atoms with Crippen molar-refractivity contribution in [3.63, 3.8) is 0 Å². The average molecular weight is 387 g/mol. The minimum absolute atomic E-state index is 0.384. The van der Waals surface area contributed by atoms with Gasteiger partial charge in [0.1, 0.15) is 0 Å². The molecule has 1 aromatic rings. The average Bonchev–Trinajstić information content (AvgIpc) is 3.21. The molecular formula is C23H38N4O. The Labute approximate surface area is 170 Å². The molecule has 0 atom stereocenters. The van der Waals surface area contributed by atoms with E-state index in [2.05, 4.69) is 44.8 Å². The Morgan fingerprint density at radius 3 is 2.71 bits per heavy atom. The molecule has 1 saturated carbocycles. The van der Waals surface area contributed by atoms with E-state index in [-0.39, 0.29) is 0 Å². The highest BCUT2D eigenvalue weighted by Gasteiger charge is 2.33. The molecule has 2 aliphatic rings. The van der Waals surface area contributed by atoms with Gasteiger partial charge >= 0.3 is 0 Å². The van der Waals surface area contributed by atoms with Gasteiger partial charge in [-0.1, -0.05) is 37.1 Å². The summed E-state index contributed by atoms with van der Waals surface area (Å²) in [6.45, 7) is 6.21. The van der Waals surface area contributed by atoms with Crippen molar-refractivity contribution in [1.29, 1.82) is 0 Å². The van der Waals surface area contributed by atoms with Crippen molar-refractivity contribution in [3.05, 3.63) is 35.4 Å². The second-order valence-corrected chi connectivity index (χ2v) is 8.45. The summed E-state index contributed by atoms with van der Waals surface area (Å²) in [6, 6.07) is 8.85. The maximum atomic E-state index is 5.34. The first-order chi connectivity index (χ1) is 13.7. The summed E-state index contributed by atoms with van der Waals surface area (Å²) in [7, 11) is 3.67. The smallest absolute Gasteiger partial charge is 0.190 e. The standard InChI is InChI=1S/C23H38N4O/c1-24-22(26-19-23(13-17-28-2)11-5-6-12-23)25-14-7-15-27-16-10-20-8-3-4-9-21(20)18-27/h3-4,8-9H,5-7,10-19H2,1-2H3,(H2,24,25,26). The molecule has 3 rings (SSSR count). The maximum Gasteiger partial charge on any atom is 0.190 e. The Balaban J connectivity index is 1.35. The van der Waals surface area contributed by atoms with Crippen molar-refractivity contribution < 1.29 is 4.74 Å². The molecule has 1 aromatic carbocycles. The van der Waals surface area contributed by atoms with Gasteiger partial charge in [-0.15, -0.1) is 0 Å². The van der Waals surface area contributed by atoms with E-state index in [1.54, 1.807) is 7.11 Å². The van der Waals surface area contributed by atoms with Gasteiger partial charge in [-0.25, -0.2) is 0 Å². The molecule has 1 heterocycles. The summed E-state index contributed by atoms with van der Waals surface area (Å²) in [5.41, 5.74) is 3.40. The molecule has 0 spiro atoms. The highest BCUT2D eigenvalue weighted by molar-refractivity contribution is 5.79. The fraction of sp³-hybridized carbons (Fsp3) is 0.696. The van der Waals surface area contributed by atoms with Gasteiger partial charge in [0.25, 0.3) is 0 Å². The number of nitrogens with one attached hydrogen (secondary N) is 2. The monoisotopic (exact) mass is 386 g/mol. The van der Waals surface area contributed by atoms with Crippen molar-refractivity contribution in [1.82, 2.24) is 15.5 Å². The van der Waals surface area contributed by atoms with Gasteiger partial charge < -0.3 is 15.4 Å². The van der Waals surface area contributed by atoms with E-state index in [1.165, 1.54) is 49.8 Å². The summed E-state index contributed by atoms with van der Waals surface area (Å²) >= 11 is 0. The van der Waals surface area contributed by atoms with Crippen molar-refractivity contribution in [3.8, 4) is 0 Å². The van der Waals surface area contributed by atoms with Crippen LogP contribution < -0.4 is 10.6 Å². The zero-order chi connectivity index (χ0) is 19.7. The molecular weight excluding hydrogens is 348 g/mol. The maximum absolute atomic E-state index is 5.34. The Hall–Kier alpha value is -1.59. The first kappa shape index (κ1) is 21.1. The number of methoxy groups -OCH3 is 1. The van der Waals surface area contributed by atoms with E-state index in [1.807, 2.05) is 7.05 Å². The largest absolute Gasteiger partial charge is 0.385 e. The molecule has 0 unspecified atom stereocenters. The van der Waals surface area contributed by atoms with E-state index < -0.39 is 0 Å². The highest BCUT2D eigenvalue weighted by Crippen LogP contribution is 2.40. The lowest BCUT2D eigenvalue weighted by Crippen LogP contribution is -2.44. The molecule has 1 fully saturated rings. The first-order valence-electron chi connectivity index (χ1n) is 11.0. The van der Waals surface area contributed by atoms with E-state index in [9.17, 15) is 0 Å². The fourth-order valence-electron chi connectivity index (χ4n) is 4.71. The van der Waals surface area contributed by atoms with Gasteiger partial charge in [-0.05, 0) is 48.6 Å². The van der Waals surface area contributed by atoms with E-state index in [4.69, 9.17) is 4.74 Å². The summed E-state index contributed by atoms with van der Waals surface area (Å²) < 4.78 is 5.34. The van der Waals surface area contributed by atoms with Gasteiger partial charge in [0.15, 0.2) is 5.96 Å². The Morgan fingerprint density at radius 2 is 1.96 bits per heavy atom. The number of aliphatic imine (C=N–C) groups is 1. The number of rotatable bonds is 9. The van der Waals surface area contributed by atoms with Crippen LogP contribution in [0.5, 0.6) is 0 Å². The lowest BCUT2D eigenvalue weighted by Gasteiger charge is -2.30. The molecule has 28 heavy (non-hydrogen) atoms. The predicted molar refractivity (Wildman–Crippen MR) is 117 cm³/mol. The van der Waals surface area contributed by atoms with Crippen LogP contribution in [0, 0.1) is 5.41 Å². The Kier molecular flexibility index (Phi) is 8.16. The lowest BCUT2D eigenvalue weighted by atomic mass is 9.83. The summed E-state index contributed by atoms with van der Waals surface area (Å²) in [6.07, 6.45) is 8.75. The molecule has 0 saturated heterocycles. The molecule has 1 aliphatic heterocycles. The quantitative estimate of drug-likeness (QED) is 0.389. The van der Waals surface area contributed by atoms with E-state index in [0.29, 0.717) is 5.41 Å². The van der Waals surface area contributed by atoms with Crippen molar-refractivity contribution in [2.75, 3.05) is 46.9 Å². The van der Waals surface area contributed by atoms with Gasteiger partial charge in [0.05, 0.1) is 0 Å². The Bertz CT molecular complexity index is 625. The molecule has 0 bridgehead atoms. The van der Waals surface area contributed by atoms with Crippen LogP contribution in [0.3, 0.4) is 0 Å². The molecule has 2 N–H and O–H groups in total. The van der Waals surface area contributed by atoms with E-state index >= 15 is 0 Å². The van der Waals surface area contributed by atoms with Gasteiger partial charge in [0, 0.05) is 53.5 Å². The molecule has 1 aliphatic carbocycles. The molecule has 0 radical (unpaired) electrons. The van der Waals surface area contributed by atoms with Crippen LogP contribution >= 0.6 is 0 Å². The molecule has 5 nitrogen and oxygen atoms in total. The number of fused-ring (bicyclic) bond motifs is 1. The van der Waals surface area contributed by atoms with Crippen LogP contribution in [0.25, 0.3) is 0 Å². The first-order valence-corrected chi connectivity index (χ1v) is 11.0. The van der Waals surface area contributed by atoms with Crippen molar-refractivity contribution in [2.45, 2.75) is 51.5 Å². The second kappa shape index (κ2) is 10.8. The van der Waals surface area contributed by atoms with Crippen LogP contribution in [0.1, 0.15) is 49.7 Å². The SMILES string of the molecule is CN=C(NCCCN1CCc2ccccc2C1)NCC1(CCOC)CCCC1. The van der Waals surface area contributed by atoms with Crippen molar-refractivity contribution >= 4 is 5.96 Å². The summed E-state index contributed by atoms with van der Waals surface area (Å²) in [5.74, 6) is 0.938. The minimum atomic E-state index is 0.384. The zero-order valence-corrected chi connectivity index (χ0v) is 17.8. The fourth-order valence-corrected chi connectivity index (χ4v) is 4.71. The predicted octanol–water partition coefficient (Wildman–Crippen LogP) is 3.20. The van der Waals surface area contributed by atoms with Crippen LogP contribution in [0.2, 0.25) is 0 Å². The lowest BCUT2D eigenvalue weighted by molar-refractivity contribution is 0.138. The number of hydrogen-bond donors (Lipinski definition) is 2. The van der Waals surface area contributed by atoms with E-state index in [0.717, 1.165) is 51.6 Å². The van der Waals surface area contributed by atoms with Gasteiger partial charge in [-0.3, -0.25) is 9.89 Å². The molecule has 156 valence electrons. The third-order valence-electron chi connectivity index (χ3n) is 6.51. The molecule has 0 aromatic heterocycles. The highest BCUT2D eigenvalue weighted by atomic mass is 16.5. The molecule has 5 heteroatoms. The zero-order valence-electron chi connectivity index (χ0n) is 17.8. The van der Waals surface area contributed by atoms with Crippen LogP contribution in [-0.2, 0) is 17.7 Å². The third-order valence-corrected chi connectivity index (χ3v) is 6.51. The summed E-state index contributed by atoms with van der Waals surface area (Å²) in [5, 5.41) is 7.09. The summed E-state index contributed by atoms with van der Waals surface area (Å²) in [4.78, 5) is 6.99. The second-order valence-electron chi connectivity index (χ2n) is 8.45. The van der Waals surface area contributed by atoms with Crippen LogP contribution in [-0.4, -0.2) is 57.8 Å². The topological polar surface area (TPSA) is 48.9 Å². The van der Waals surface area contributed by atoms with Crippen molar-refractivity contribution in [2.24, 2.45) is 10.4 Å². The number of benzene rings is 1. The van der Waals surface area contributed by atoms with Gasteiger partial charge in [0.2, 0.25) is 0 Å². The van der Waals surface area contributed by atoms with Crippen LogP contribution in [0.15, 0.2) is 29.3 Å². The molecule has 0 amide bonds. The van der Waals surface area contributed by atoms with Gasteiger partial charge in [-0.2, -0.15) is 0 Å². The normalized spacial score (nSPS) is 19.4. The number of hydrogen-bond acceptors (Lipinski definition) is 3. The third kappa shape index (κ3) is 5.95. The number of guanidine groups is 1.